The predicted molar refractivity (Wildman–Crippen MR) is 124 cm³/mol. The summed E-state index contributed by atoms with van der Waals surface area (Å²) in [7, 11) is 0. The molecule has 0 saturated carbocycles. The molecule has 0 radical (unpaired) electrons. The molecule has 7 nitrogen and oxygen atoms in total. The fourth-order valence-electron chi connectivity index (χ4n) is 4.50. The highest BCUT2D eigenvalue weighted by molar-refractivity contribution is 6.22. The number of amides is 3. The number of benzene rings is 2. The van der Waals surface area contributed by atoms with Crippen LogP contribution in [0, 0.1) is 17.8 Å². The van der Waals surface area contributed by atoms with E-state index in [1.807, 2.05) is 44.2 Å². The molecule has 7 heteroatoms. The number of fused-ring (bicyclic) bond motifs is 1. The smallest absolute Gasteiger partial charge is 0.338 e. The van der Waals surface area contributed by atoms with Crippen LogP contribution in [-0.4, -0.2) is 30.3 Å². The second-order valence-electron chi connectivity index (χ2n) is 8.35. The van der Waals surface area contributed by atoms with Crippen molar-refractivity contribution >= 4 is 35.1 Å². The van der Waals surface area contributed by atoms with Crippen molar-refractivity contribution in [2.45, 2.75) is 26.7 Å². The number of aryl methyl sites for hydroxylation is 1. The van der Waals surface area contributed by atoms with Gasteiger partial charge in [0.15, 0.2) is 6.61 Å². The molecule has 1 N–H and O–H groups in total. The second-order valence-corrected chi connectivity index (χ2v) is 8.35. The summed E-state index contributed by atoms with van der Waals surface area (Å²) in [5, 5.41) is 2.75. The molecule has 2 aromatic carbocycles. The summed E-state index contributed by atoms with van der Waals surface area (Å²) >= 11 is 0. The van der Waals surface area contributed by atoms with Gasteiger partial charge in [-0.05, 0) is 54.7 Å². The number of para-hydroxylation sites is 1. The van der Waals surface area contributed by atoms with Gasteiger partial charge in [-0.25, -0.2) is 4.79 Å². The maximum atomic E-state index is 12.9. The number of nitrogens with zero attached hydrogens (tertiary/aromatic N) is 1. The van der Waals surface area contributed by atoms with Crippen LogP contribution in [0.1, 0.15) is 36.2 Å². The fourth-order valence-corrected chi connectivity index (χ4v) is 4.50. The molecule has 2 aromatic rings. The van der Waals surface area contributed by atoms with E-state index >= 15 is 0 Å². The van der Waals surface area contributed by atoms with Gasteiger partial charge in [0.25, 0.3) is 5.91 Å². The van der Waals surface area contributed by atoms with Crippen molar-refractivity contribution in [3.63, 3.8) is 0 Å². The average Bonchev–Trinajstić information content (AvgIpc) is 3.08. The predicted octanol–water partition coefficient (Wildman–Crippen LogP) is 3.75. The van der Waals surface area contributed by atoms with Crippen LogP contribution in [0.2, 0.25) is 0 Å². The minimum Gasteiger partial charge on any atom is -0.452 e. The van der Waals surface area contributed by atoms with Crippen LogP contribution in [0.3, 0.4) is 0 Å². The van der Waals surface area contributed by atoms with E-state index in [0.29, 0.717) is 17.8 Å². The van der Waals surface area contributed by atoms with Gasteiger partial charge in [-0.15, -0.1) is 0 Å². The highest BCUT2D eigenvalue weighted by Crippen LogP contribution is 2.40. The number of allylic oxidation sites excluding steroid dienone is 2. The van der Waals surface area contributed by atoms with Gasteiger partial charge in [-0.1, -0.05) is 44.2 Å². The molecular formula is C26H26N2O5. The quantitative estimate of drug-likeness (QED) is 0.415. The standard InChI is InChI=1S/C26H26N2O5/c1-3-17-8-4-5-10-21(17)27-22(29)15-33-26(32)18-11-13-19(14-12-18)28-24(30)20-9-6-7-16(2)23(20)25(28)31/h4-8,10-14,16,20,23H,3,9,15H2,1-2H3,(H,27,29)/t16-,20-,23-/m1/s1. The third-order valence-electron chi connectivity index (χ3n) is 6.24. The highest BCUT2D eigenvalue weighted by atomic mass is 16.5. The van der Waals surface area contributed by atoms with Gasteiger partial charge >= 0.3 is 5.97 Å². The topological polar surface area (TPSA) is 92.8 Å². The summed E-state index contributed by atoms with van der Waals surface area (Å²) in [5.74, 6) is -2.18. The van der Waals surface area contributed by atoms with Gasteiger partial charge in [0.2, 0.25) is 11.8 Å². The third kappa shape index (κ3) is 4.44. The molecule has 2 aliphatic rings. The van der Waals surface area contributed by atoms with Gasteiger partial charge in [0.1, 0.15) is 0 Å². The molecule has 4 rings (SSSR count). The zero-order valence-electron chi connectivity index (χ0n) is 18.6. The minimum absolute atomic E-state index is 0.00916. The maximum Gasteiger partial charge on any atom is 0.338 e. The Morgan fingerprint density at radius 3 is 2.48 bits per heavy atom. The molecule has 170 valence electrons. The molecule has 3 atom stereocenters. The summed E-state index contributed by atoms with van der Waals surface area (Å²) in [4.78, 5) is 51.5. The molecule has 1 saturated heterocycles. The molecule has 1 aliphatic heterocycles. The summed E-state index contributed by atoms with van der Waals surface area (Å²) in [6.45, 7) is 3.51. The number of imide groups is 1. The number of esters is 1. The molecular weight excluding hydrogens is 420 g/mol. The first-order valence-corrected chi connectivity index (χ1v) is 11.1. The number of hydrogen-bond donors (Lipinski definition) is 1. The zero-order chi connectivity index (χ0) is 23.5. The Hall–Kier alpha value is -3.74. The van der Waals surface area contributed by atoms with Gasteiger partial charge in [0, 0.05) is 5.69 Å². The van der Waals surface area contributed by atoms with Crippen LogP contribution in [0.25, 0.3) is 0 Å². The van der Waals surface area contributed by atoms with E-state index in [1.54, 1.807) is 18.2 Å². The number of ether oxygens (including phenoxy) is 1. The van der Waals surface area contributed by atoms with E-state index in [-0.39, 0.29) is 35.1 Å². The van der Waals surface area contributed by atoms with E-state index in [2.05, 4.69) is 5.32 Å². The number of hydrogen-bond acceptors (Lipinski definition) is 5. The Balaban J connectivity index is 1.37. The lowest BCUT2D eigenvalue weighted by Gasteiger charge is -2.22. The van der Waals surface area contributed by atoms with Crippen LogP contribution >= 0.6 is 0 Å². The summed E-state index contributed by atoms with van der Waals surface area (Å²) < 4.78 is 5.13. The van der Waals surface area contributed by atoms with Crippen LogP contribution in [0.4, 0.5) is 11.4 Å². The lowest BCUT2D eigenvalue weighted by atomic mass is 9.78. The normalized spacial score (nSPS) is 21.6. The number of carbonyl (C=O) groups is 4. The van der Waals surface area contributed by atoms with Gasteiger partial charge < -0.3 is 10.1 Å². The Bertz CT molecular complexity index is 1120. The van der Waals surface area contributed by atoms with E-state index < -0.39 is 18.5 Å². The van der Waals surface area contributed by atoms with Gasteiger partial charge in [0.05, 0.1) is 23.1 Å². The second kappa shape index (κ2) is 9.40. The Morgan fingerprint density at radius 1 is 1.06 bits per heavy atom. The van der Waals surface area contributed by atoms with Gasteiger partial charge in [-0.3, -0.25) is 19.3 Å². The van der Waals surface area contributed by atoms with E-state index in [0.717, 1.165) is 12.0 Å². The molecule has 0 spiro atoms. The maximum absolute atomic E-state index is 12.9. The molecule has 0 bridgehead atoms. The first kappa shape index (κ1) is 22.5. The Labute approximate surface area is 192 Å². The number of nitrogens with one attached hydrogen (secondary N) is 1. The van der Waals surface area contributed by atoms with Crippen molar-refractivity contribution < 1.29 is 23.9 Å². The monoisotopic (exact) mass is 446 g/mol. The van der Waals surface area contributed by atoms with E-state index in [1.165, 1.54) is 17.0 Å². The van der Waals surface area contributed by atoms with Crippen molar-refractivity contribution in [2.75, 3.05) is 16.8 Å². The average molecular weight is 447 g/mol. The molecule has 1 aliphatic carbocycles. The molecule has 1 fully saturated rings. The van der Waals surface area contributed by atoms with E-state index in [4.69, 9.17) is 4.74 Å². The van der Waals surface area contributed by atoms with Crippen LogP contribution in [-0.2, 0) is 25.5 Å². The minimum atomic E-state index is -0.661. The van der Waals surface area contributed by atoms with E-state index in [9.17, 15) is 19.2 Å². The van der Waals surface area contributed by atoms with Crippen LogP contribution < -0.4 is 10.2 Å². The summed E-state index contributed by atoms with van der Waals surface area (Å²) in [6.07, 6.45) is 5.26. The summed E-state index contributed by atoms with van der Waals surface area (Å²) in [6, 6.07) is 13.5. The SMILES string of the molecule is CCc1ccccc1NC(=O)COC(=O)c1ccc(N2C(=O)[C@@H]3[C@H](C)C=CC[C@H]3C2=O)cc1. The van der Waals surface area contributed by atoms with Gasteiger partial charge in [-0.2, -0.15) is 0 Å². The van der Waals surface area contributed by atoms with Crippen molar-refractivity contribution in [3.8, 4) is 0 Å². The first-order chi connectivity index (χ1) is 15.9. The largest absolute Gasteiger partial charge is 0.452 e. The fraction of sp³-hybridized carbons (Fsp3) is 0.308. The lowest BCUT2D eigenvalue weighted by Crippen LogP contribution is -2.31. The highest BCUT2D eigenvalue weighted by Gasteiger charge is 2.50. The number of anilines is 2. The van der Waals surface area contributed by atoms with Crippen molar-refractivity contribution in [1.82, 2.24) is 0 Å². The van der Waals surface area contributed by atoms with Crippen LogP contribution in [0.5, 0.6) is 0 Å². The zero-order valence-corrected chi connectivity index (χ0v) is 18.6. The first-order valence-electron chi connectivity index (χ1n) is 11.1. The van der Waals surface area contributed by atoms with Crippen molar-refractivity contribution in [2.24, 2.45) is 17.8 Å². The molecule has 0 unspecified atom stereocenters. The molecule has 1 heterocycles. The van der Waals surface area contributed by atoms with Crippen LogP contribution in [0.15, 0.2) is 60.7 Å². The summed E-state index contributed by atoms with van der Waals surface area (Å²) in [5.41, 5.74) is 2.34. The molecule has 3 amide bonds. The number of carbonyl (C=O) groups excluding carboxylic acids is 4. The lowest BCUT2D eigenvalue weighted by molar-refractivity contribution is -0.123. The third-order valence-corrected chi connectivity index (χ3v) is 6.24. The van der Waals surface area contributed by atoms with Crippen molar-refractivity contribution in [1.29, 1.82) is 0 Å². The Kier molecular flexibility index (Phi) is 6.40. The number of rotatable bonds is 6. The van der Waals surface area contributed by atoms with Crippen molar-refractivity contribution in [3.05, 3.63) is 71.8 Å². The molecule has 0 aromatic heterocycles. The Morgan fingerprint density at radius 2 is 1.79 bits per heavy atom. The molecule has 33 heavy (non-hydrogen) atoms.